The maximum atomic E-state index is 14.0. The fourth-order valence-corrected chi connectivity index (χ4v) is 8.11. The van der Waals surface area contributed by atoms with Gasteiger partial charge in [0.05, 0.1) is 5.82 Å². The van der Waals surface area contributed by atoms with Crippen molar-refractivity contribution in [1.82, 2.24) is 0 Å². The first-order valence-electron chi connectivity index (χ1n) is 10.7. The molecule has 32 heavy (non-hydrogen) atoms. The third-order valence-corrected chi connectivity index (χ3v) is 9.82. The lowest BCUT2D eigenvalue weighted by Crippen LogP contribution is -2.30. The molecule has 5 aromatic carbocycles. The van der Waals surface area contributed by atoms with Gasteiger partial charge in [-0.2, -0.15) is 0 Å². The zero-order chi connectivity index (χ0) is 21.8. The van der Waals surface area contributed by atoms with Crippen molar-refractivity contribution >= 4 is 39.7 Å². The van der Waals surface area contributed by atoms with Gasteiger partial charge in [-0.15, -0.1) is 0 Å². The van der Waals surface area contributed by atoms with Crippen LogP contribution in [0.3, 0.4) is 0 Å². The molecule has 0 N–H and O–H groups in total. The van der Waals surface area contributed by atoms with Crippen LogP contribution < -0.4 is 21.0 Å². The summed E-state index contributed by atoms with van der Waals surface area (Å²) in [5, 5.41) is 19.6. The van der Waals surface area contributed by atoms with E-state index in [1.807, 2.05) is 54.3 Å². The summed E-state index contributed by atoms with van der Waals surface area (Å²) in [6, 6.07) is 45.4. The molecule has 0 aliphatic carbocycles. The lowest BCUT2D eigenvalue weighted by molar-refractivity contribution is -0.243. The summed E-state index contributed by atoms with van der Waals surface area (Å²) in [6.07, 6.45) is 0. The van der Waals surface area contributed by atoms with E-state index in [-0.39, 0.29) is 5.76 Å². The highest BCUT2D eigenvalue weighted by molar-refractivity contribution is 7.98. The van der Waals surface area contributed by atoms with Crippen molar-refractivity contribution in [1.29, 1.82) is 0 Å². The van der Waals surface area contributed by atoms with Crippen molar-refractivity contribution in [3.8, 4) is 0 Å². The van der Waals surface area contributed by atoms with E-state index < -0.39 is 7.26 Å². The van der Waals surface area contributed by atoms with Gasteiger partial charge in [-0.3, -0.25) is 0 Å². The normalized spacial score (nSPS) is 12.1. The van der Waals surface area contributed by atoms with Gasteiger partial charge in [0.2, 0.25) is 0 Å². The van der Waals surface area contributed by atoms with E-state index >= 15 is 0 Å². The summed E-state index contributed by atoms with van der Waals surface area (Å²) in [7, 11) is -2.33. The van der Waals surface area contributed by atoms with Crippen LogP contribution in [0.4, 0.5) is 0 Å². The van der Waals surface area contributed by atoms with Crippen molar-refractivity contribution in [3.63, 3.8) is 0 Å². The van der Waals surface area contributed by atoms with Crippen LogP contribution in [0.1, 0.15) is 5.56 Å². The Labute approximate surface area is 189 Å². The van der Waals surface area contributed by atoms with Gasteiger partial charge in [0, 0.05) is 0 Å². The van der Waals surface area contributed by atoms with Gasteiger partial charge in [0.15, 0.2) is 0 Å². The van der Waals surface area contributed by atoms with Crippen molar-refractivity contribution in [2.24, 2.45) is 0 Å². The van der Waals surface area contributed by atoms with E-state index in [0.29, 0.717) is 0 Å². The van der Waals surface area contributed by atoms with Crippen LogP contribution in [-0.2, 0) is 0 Å². The van der Waals surface area contributed by atoms with Crippen molar-refractivity contribution in [2.45, 2.75) is 0 Å². The van der Waals surface area contributed by atoms with Gasteiger partial charge < -0.3 is 5.11 Å². The topological polar surface area (TPSA) is 23.1 Å². The lowest BCUT2D eigenvalue weighted by atomic mass is 10.0. The average molecular weight is 430 g/mol. The smallest absolute Gasteiger partial charge is 0.136 e. The first-order chi connectivity index (χ1) is 15.8. The van der Waals surface area contributed by atoms with E-state index in [1.54, 1.807) is 0 Å². The molecule has 0 amide bonds. The number of hydrogen-bond donors (Lipinski definition) is 0. The summed E-state index contributed by atoms with van der Waals surface area (Å²) in [6.45, 7) is 0. The van der Waals surface area contributed by atoms with Crippen LogP contribution >= 0.6 is 7.26 Å². The number of benzene rings is 5. The molecule has 0 aromatic heterocycles. The number of rotatable bonds is 5. The molecule has 5 aromatic rings. The van der Waals surface area contributed by atoms with Crippen LogP contribution in [0.25, 0.3) is 16.5 Å². The minimum absolute atomic E-state index is 0.0618. The van der Waals surface area contributed by atoms with Crippen molar-refractivity contribution < 1.29 is 5.11 Å². The molecule has 0 spiro atoms. The van der Waals surface area contributed by atoms with Crippen molar-refractivity contribution in [3.05, 3.63) is 145 Å². The molecular formula is C30H23OP. The minimum Gasteiger partial charge on any atom is -0.870 e. The largest absolute Gasteiger partial charge is 0.870 e. The first-order valence-corrected chi connectivity index (χ1v) is 12.6. The van der Waals surface area contributed by atoms with Crippen LogP contribution in [0.15, 0.2) is 139 Å². The highest BCUT2D eigenvalue weighted by atomic mass is 31.2. The molecule has 154 valence electrons. The van der Waals surface area contributed by atoms with E-state index in [9.17, 15) is 5.11 Å². The molecule has 0 aliphatic heterocycles. The summed E-state index contributed by atoms with van der Waals surface area (Å²) in [4.78, 5) is 0. The maximum Gasteiger partial charge on any atom is 0.136 e. The SMILES string of the molecule is [O-]/C(=C\[P+](c1ccccc1)(c1ccccc1)c1ccccc1)c1cccc2ccccc12. The van der Waals surface area contributed by atoms with E-state index in [2.05, 4.69) is 84.9 Å². The van der Waals surface area contributed by atoms with E-state index in [0.717, 1.165) is 16.3 Å². The number of hydrogen-bond acceptors (Lipinski definition) is 1. The fourth-order valence-electron chi connectivity index (χ4n) is 4.35. The molecule has 0 heterocycles. The molecule has 0 atom stereocenters. The Morgan fingerprint density at radius 1 is 0.500 bits per heavy atom. The second-order valence-electron chi connectivity index (χ2n) is 7.75. The predicted octanol–water partition coefficient (Wildman–Crippen LogP) is 5.49. The Morgan fingerprint density at radius 3 is 1.47 bits per heavy atom. The predicted molar refractivity (Wildman–Crippen MR) is 137 cm³/mol. The van der Waals surface area contributed by atoms with Crippen LogP contribution in [0.5, 0.6) is 0 Å². The Hall–Kier alpha value is -3.67. The molecule has 2 heteroatoms. The highest BCUT2D eigenvalue weighted by Gasteiger charge is 2.43. The summed E-state index contributed by atoms with van der Waals surface area (Å²) in [5.74, 6) is 2.07. The monoisotopic (exact) mass is 430 g/mol. The second kappa shape index (κ2) is 8.83. The molecule has 0 bridgehead atoms. The molecule has 0 aliphatic rings. The lowest BCUT2D eigenvalue weighted by Gasteiger charge is -2.27. The minimum atomic E-state index is -2.33. The molecule has 0 unspecified atom stereocenters. The van der Waals surface area contributed by atoms with Crippen LogP contribution in [-0.4, -0.2) is 0 Å². The summed E-state index contributed by atoms with van der Waals surface area (Å²) >= 11 is 0. The van der Waals surface area contributed by atoms with Gasteiger partial charge in [0.1, 0.15) is 23.2 Å². The Kier molecular flexibility index (Phi) is 5.58. The van der Waals surface area contributed by atoms with Crippen molar-refractivity contribution in [2.75, 3.05) is 0 Å². The standard InChI is InChI=1S/C30H23OP/c31-30(29-22-12-14-24-13-10-11-21-28(24)29)23-32(25-15-4-1-5-16-25,26-17-6-2-7-18-26)27-19-8-3-9-20-27/h1-23H/b30-23-. The van der Waals surface area contributed by atoms with Crippen LogP contribution in [0, 0.1) is 0 Å². The molecule has 0 saturated heterocycles. The first kappa shape index (κ1) is 20.2. The van der Waals surface area contributed by atoms with E-state index in [1.165, 1.54) is 15.9 Å². The highest BCUT2D eigenvalue weighted by Crippen LogP contribution is 2.58. The summed E-state index contributed by atoms with van der Waals surface area (Å²) < 4.78 is 0. The molecule has 1 nitrogen and oxygen atoms in total. The van der Waals surface area contributed by atoms with Crippen LogP contribution in [0.2, 0.25) is 0 Å². The van der Waals surface area contributed by atoms with Gasteiger partial charge in [-0.05, 0) is 52.7 Å². The van der Waals surface area contributed by atoms with Gasteiger partial charge in [-0.1, -0.05) is 103 Å². The van der Waals surface area contributed by atoms with E-state index in [4.69, 9.17) is 0 Å². The quantitative estimate of drug-likeness (QED) is 0.267. The Morgan fingerprint density at radius 2 is 0.938 bits per heavy atom. The third kappa shape index (κ3) is 3.62. The Balaban J connectivity index is 1.84. The molecule has 0 fully saturated rings. The fraction of sp³-hybridized carbons (Fsp3) is 0. The Bertz CT molecular complexity index is 1260. The molecule has 0 radical (unpaired) electrons. The van der Waals surface area contributed by atoms with Gasteiger partial charge in [0.25, 0.3) is 0 Å². The van der Waals surface area contributed by atoms with Gasteiger partial charge >= 0.3 is 0 Å². The zero-order valence-electron chi connectivity index (χ0n) is 17.6. The number of fused-ring (bicyclic) bond motifs is 1. The summed E-state index contributed by atoms with van der Waals surface area (Å²) in [5.41, 5.74) is 0.746. The maximum absolute atomic E-state index is 14.0. The molecule has 0 saturated carbocycles. The van der Waals surface area contributed by atoms with Gasteiger partial charge in [-0.25, -0.2) is 0 Å². The average Bonchev–Trinajstić information content (AvgIpc) is 2.88. The molecular weight excluding hydrogens is 407 g/mol. The second-order valence-corrected chi connectivity index (χ2v) is 11.0. The molecule has 5 rings (SSSR count). The third-order valence-electron chi connectivity index (χ3n) is 5.86. The zero-order valence-corrected chi connectivity index (χ0v) is 18.5.